The van der Waals surface area contributed by atoms with Gasteiger partial charge >= 0.3 is 0 Å². The molecule has 1 spiro atoms. The fraction of sp³-hybridized carbons (Fsp3) is 0.625. The minimum atomic E-state index is 0.509. The molecule has 1 aromatic rings. The summed E-state index contributed by atoms with van der Waals surface area (Å²) >= 11 is 9.88. The van der Waals surface area contributed by atoms with Crippen LogP contribution in [0.1, 0.15) is 31.2 Å². The Kier molecular flexibility index (Phi) is 4.71. The van der Waals surface area contributed by atoms with Crippen LogP contribution in [0.15, 0.2) is 22.7 Å². The Morgan fingerprint density at radius 3 is 2.95 bits per heavy atom. The number of nitrogens with zero attached hydrogens (tertiary/aromatic N) is 1. The molecule has 0 radical (unpaired) electrons. The highest BCUT2D eigenvalue weighted by atomic mass is 79.9. The van der Waals surface area contributed by atoms with E-state index in [2.05, 4.69) is 32.2 Å². The van der Waals surface area contributed by atoms with E-state index in [4.69, 9.17) is 11.6 Å². The third kappa shape index (κ3) is 3.38. The highest BCUT2D eigenvalue weighted by Crippen LogP contribution is 2.36. The fourth-order valence-corrected chi connectivity index (χ4v) is 4.31. The summed E-state index contributed by atoms with van der Waals surface area (Å²) in [6.45, 7) is 5.77. The van der Waals surface area contributed by atoms with Crippen LogP contribution >= 0.6 is 27.5 Å². The van der Waals surface area contributed by atoms with Crippen LogP contribution in [0.3, 0.4) is 0 Å². The van der Waals surface area contributed by atoms with Crippen molar-refractivity contribution < 1.29 is 0 Å². The zero-order valence-corrected chi connectivity index (χ0v) is 14.1. The van der Waals surface area contributed by atoms with Crippen LogP contribution in [0, 0.1) is 5.41 Å². The van der Waals surface area contributed by atoms with Gasteiger partial charge in [-0.2, -0.15) is 0 Å². The first-order chi connectivity index (χ1) is 9.67. The summed E-state index contributed by atoms with van der Waals surface area (Å²) in [4.78, 5) is 2.59. The van der Waals surface area contributed by atoms with Gasteiger partial charge in [-0.1, -0.05) is 27.5 Å². The van der Waals surface area contributed by atoms with E-state index in [0.29, 0.717) is 5.41 Å². The van der Waals surface area contributed by atoms with Gasteiger partial charge in [0.1, 0.15) is 0 Å². The first-order valence-corrected chi connectivity index (χ1v) is 8.71. The van der Waals surface area contributed by atoms with Crippen LogP contribution in [-0.4, -0.2) is 31.1 Å². The summed E-state index contributed by atoms with van der Waals surface area (Å²) in [6, 6.07) is 6.15. The topological polar surface area (TPSA) is 15.3 Å². The molecule has 2 aliphatic rings. The maximum absolute atomic E-state index is 6.33. The van der Waals surface area contributed by atoms with Crippen molar-refractivity contribution in [3.05, 3.63) is 33.3 Å². The Balaban J connectivity index is 1.69. The highest BCUT2D eigenvalue weighted by molar-refractivity contribution is 9.10. The summed E-state index contributed by atoms with van der Waals surface area (Å²) < 4.78 is 1.11. The molecule has 1 N–H and O–H groups in total. The molecule has 1 unspecified atom stereocenters. The SMILES string of the molecule is Clc1ccc(Br)cc1CN1CCCC2(CCCNC2)C1. The maximum atomic E-state index is 6.33. The molecule has 20 heavy (non-hydrogen) atoms. The van der Waals surface area contributed by atoms with Crippen LogP contribution in [0.25, 0.3) is 0 Å². The molecule has 110 valence electrons. The van der Waals surface area contributed by atoms with Gasteiger partial charge in [0.05, 0.1) is 0 Å². The Morgan fingerprint density at radius 2 is 2.15 bits per heavy atom. The van der Waals surface area contributed by atoms with E-state index in [1.54, 1.807) is 0 Å². The standard InChI is InChI=1S/C16H22BrClN2/c17-14-3-4-15(18)13(9-14)10-20-8-2-6-16(12-20)5-1-7-19-11-16/h3-4,9,19H,1-2,5-8,10-12H2. The third-order valence-corrected chi connectivity index (χ3v) is 5.56. The summed E-state index contributed by atoms with van der Waals surface area (Å²) in [5, 5.41) is 4.47. The van der Waals surface area contributed by atoms with Gasteiger partial charge in [-0.15, -0.1) is 0 Å². The van der Waals surface area contributed by atoms with Gasteiger partial charge in [-0.05, 0) is 68.0 Å². The molecular formula is C16H22BrClN2. The van der Waals surface area contributed by atoms with Crippen molar-refractivity contribution in [2.45, 2.75) is 32.2 Å². The van der Waals surface area contributed by atoms with Crippen molar-refractivity contribution in [2.24, 2.45) is 5.41 Å². The minimum Gasteiger partial charge on any atom is -0.316 e. The van der Waals surface area contributed by atoms with Gasteiger partial charge in [0.15, 0.2) is 0 Å². The lowest BCUT2D eigenvalue weighted by atomic mass is 9.74. The Labute approximate surface area is 135 Å². The molecule has 3 rings (SSSR count). The Bertz CT molecular complexity index is 466. The molecule has 0 aromatic heterocycles. The number of halogens is 2. The second-order valence-electron chi connectivity index (χ2n) is 6.33. The molecule has 0 amide bonds. The summed E-state index contributed by atoms with van der Waals surface area (Å²) in [6.07, 6.45) is 5.39. The monoisotopic (exact) mass is 356 g/mol. The van der Waals surface area contributed by atoms with E-state index in [1.807, 2.05) is 12.1 Å². The van der Waals surface area contributed by atoms with E-state index in [1.165, 1.54) is 57.4 Å². The average Bonchev–Trinajstić information content (AvgIpc) is 2.44. The lowest BCUT2D eigenvalue weighted by Crippen LogP contribution is -2.50. The molecule has 4 heteroatoms. The molecule has 2 saturated heterocycles. The summed E-state index contributed by atoms with van der Waals surface area (Å²) in [5.41, 5.74) is 1.75. The molecule has 2 nitrogen and oxygen atoms in total. The van der Waals surface area contributed by atoms with Crippen molar-refractivity contribution in [3.8, 4) is 0 Å². The predicted octanol–water partition coefficient (Wildman–Crippen LogP) is 4.07. The second kappa shape index (κ2) is 6.35. The molecule has 2 heterocycles. The first-order valence-electron chi connectivity index (χ1n) is 7.54. The number of benzene rings is 1. The van der Waals surface area contributed by atoms with E-state index in [9.17, 15) is 0 Å². The largest absolute Gasteiger partial charge is 0.316 e. The smallest absolute Gasteiger partial charge is 0.0451 e. The highest BCUT2D eigenvalue weighted by Gasteiger charge is 2.36. The lowest BCUT2D eigenvalue weighted by molar-refractivity contribution is 0.0601. The van der Waals surface area contributed by atoms with Gasteiger partial charge in [-0.25, -0.2) is 0 Å². The van der Waals surface area contributed by atoms with E-state index < -0.39 is 0 Å². The molecule has 1 aromatic carbocycles. The van der Waals surface area contributed by atoms with E-state index >= 15 is 0 Å². The number of hydrogen-bond donors (Lipinski definition) is 1. The number of hydrogen-bond acceptors (Lipinski definition) is 2. The second-order valence-corrected chi connectivity index (χ2v) is 7.65. The summed E-state index contributed by atoms with van der Waals surface area (Å²) in [5.74, 6) is 0. The number of likely N-dealkylation sites (tertiary alicyclic amines) is 1. The average molecular weight is 358 g/mol. The Hall–Kier alpha value is -0.0900. The van der Waals surface area contributed by atoms with Crippen LogP contribution in [0.4, 0.5) is 0 Å². The number of rotatable bonds is 2. The van der Waals surface area contributed by atoms with Gasteiger partial charge in [0, 0.05) is 29.1 Å². The van der Waals surface area contributed by atoms with Crippen LogP contribution < -0.4 is 5.32 Å². The van der Waals surface area contributed by atoms with Crippen molar-refractivity contribution in [1.82, 2.24) is 10.2 Å². The summed E-state index contributed by atoms with van der Waals surface area (Å²) in [7, 11) is 0. The van der Waals surface area contributed by atoms with Crippen molar-refractivity contribution in [2.75, 3.05) is 26.2 Å². The predicted molar refractivity (Wildman–Crippen MR) is 88.2 cm³/mol. The third-order valence-electron chi connectivity index (χ3n) is 4.70. The molecule has 0 bridgehead atoms. The van der Waals surface area contributed by atoms with Gasteiger partial charge in [0.25, 0.3) is 0 Å². The Morgan fingerprint density at radius 1 is 1.30 bits per heavy atom. The van der Waals surface area contributed by atoms with Gasteiger partial charge < -0.3 is 5.32 Å². The molecule has 2 fully saturated rings. The number of nitrogens with one attached hydrogen (secondary N) is 1. The quantitative estimate of drug-likeness (QED) is 0.858. The molecule has 2 aliphatic heterocycles. The van der Waals surface area contributed by atoms with Crippen molar-refractivity contribution >= 4 is 27.5 Å². The van der Waals surface area contributed by atoms with Crippen LogP contribution in [0.2, 0.25) is 5.02 Å². The molecular weight excluding hydrogens is 336 g/mol. The van der Waals surface area contributed by atoms with Crippen LogP contribution in [0.5, 0.6) is 0 Å². The first kappa shape index (κ1) is 14.8. The number of piperidine rings is 2. The lowest BCUT2D eigenvalue weighted by Gasteiger charge is -2.45. The molecule has 0 aliphatic carbocycles. The van der Waals surface area contributed by atoms with Gasteiger partial charge in [0.2, 0.25) is 0 Å². The zero-order chi connectivity index (χ0) is 14.0. The van der Waals surface area contributed by atoms with E-state index in [-0.39, 0.29) is 0 Å². The van der Waals surface area contributed by atoms with Gasteiger partial charge in [-0.3, -0.25) is 4.90 Å². The molecule has 0 saturated carbocycles. The van der Waals surface area contributed by atoms with Crippen molar-refractivity contribution in [1.29, 1.82) is 0 Å². The fourth-order valence-electron chi connectivity index (χ4n) is 3.73. The molecule has 1 atom stereocenters. The van der Waals surface area contributed by atoms with Crippen molar-refractivity contribution in [3.63, 3.8) is 0 Å². The van der Waals surface area contributed by atoms with E-state index in [0.717, 1.165) is 16.0 Å². The van der Waals surface area contributed by atoms with Crippen LogP contribution in [-0.2, 0) is 6.54 Å². The zero-order valence-electron chi connectivity index (χ0n) is 11.8. The normalized spacial score (nSPS) is 27.9. The maximum Gasteiger partial charge on any atom is 0.0451 e. The minimum absolute atomic E-state index is 0.509.